The summed E-state index contributed by atoms with van der Waals surface area (Å²) in [5, 5.41) is 1.55. The Bertz CT molecular complexity index is 757. The highest BCUT2D eigenvalue weighted by Crippen LogP contribution is 2.22. The van der Waals surface area contributed by atoms with Crippen LogP contribution in [0.1, 0.15) is 0 Å². The summed E-state index contributed by atoms with van der Waals surface area (Å²) in [6.07, 6.45) is 0. The quantitative estimate of drug-likeness (QED) is 0.613. The SMILES string of the molecule is O=c1oc2ccccc2cc1-c1ccc(Cl)cc1. The molecule has 0 saturated carbocycles. The molecule has 1 aromatic heterocycles. The first-order valence-corrected chi connectivity index (χ1v) is 5.91. The van der Waals surface area contributed by atoms with Gasteiger partial charge in [-0.05, 0) is 29.8 Å². The number of halogens is 1. The molecule has 0 fully saturated rings. The third-order valence-corrected chi connectivity index (χ3v) is 3.05. The van der Waals surface area contributed by atoms with Gasteiger partial charge in [-0.15, -0.1) is 0 Å². The summed E-state index contributed by atoms with van der Waals surface area (Å²) in [6, 6.07) is 16.4. The van der Waals surface area contributed by atoms with E-state index in [1.54, 1.807) is 18.2 Å². The predicted molar refractivity (Wildman–Crippen MR) is 72.9 cm³/mol. The average Bonchev–Trinajstić information content (AvgIpc) is 2.39. The van der Waals surface area contributed by atoms with E-state index >= 15 is 0 Å². The number of para-hydroxylation sites is 1. The number of hydrogen-bond acceptors (Lipinski definition) is 2. The minimum absolute atomic E-state index is 0.337. The lowest BCUT2D eigenvalue weighted by molar-refractivity contribution is 0.563. The lowest BCUT2D eigenvalue weighted by Crippen LogP contribution is -2.02. The standard InChI is InChI=1S/C15H9ClO2/c16-12-7-5-10(6-8-12)13-9-11-3-1-2-4-14(11)18-15(13)17/h1-9H. The Hall–Kier alpha value is -2.06. The topological polar surface area (TPSA) is 30.2 Å². The maximum Gasteiger partial charge on any atom is 0.344 e. The number of fused-ring (bicyclic) bond motifs is 1. The molecule has 2 nitrogen and oxygen atoms in total. The van der Waals surface area contributed by atoms with E-state index in [1.165, 1.54) is 0 Å². The zero-order valence-electron chi connectivity index (χ0n) is 9.39. The van der Waals surface area contributed by atoms with Crippen molar-refractivity contribution in [3.8, 4) is 11.1 Å². The van der Waals surface area contributed by atoms with Gasteiger partial charge in [0.15, 0.2) is 0 Å². The van der Waals surface area contributed by atoms with E-state index in [4.69, 9.17) is 16.0 Å². The van der Waals surface area contributed by atoms with E-state index in [0.717, 1.165) is 10.9 Å². The summed E-state index contributed by atoms with van der Waals surface area (Å²) in [6.45, 7) is 0. The van der Waals surface area contributed by atoms with Crippen LogP contribution in [0.5, 0.6) is 0 Å². The highest BCUT2D eigenvalue weighted by molar-refractivity contribution is 6.30. The molecule has 3 aromatic rings. The van der Waals surface area contributed by atoms with Gasteiger partial charge in [-0.2, -0.15) is 0 Å². The van der Waals surface area contributed by atoms with Gasteiger partial charge in [0.2, 0.25) is 0 Å². The lowest BCUT2D eigenvalue weighted by atomic mass is 10.1. The molecule has 3 heteroatoms. The normalized spacial score (nSPS) is 10.7. The van der Waals surface area contributed by atoms with Crippen molar-refractivity contribution in [1.82, 2.24) is 0 Å². The van der Waals surface area contributed by atoms with E-state index in [-0.39, 0.29) is 5.63 Å². The Morgan fingerprint density at radius 3 is 2.44 bits per heavy atom. The van der Waals surface area contributed by atoms with Gasteiger partial charge in [0.25, 0.3) is 0 Å². The third-order valence-electron chi connectivity index (χ3n) is 2.80. The van der Waals surface area contributed by atoms with Gasteiger partial charge in [0, 0.05) is 10.4 Å². The van der Waals surface area contributed by atoms with E-state index in [0.29, 0.717) is 16.2 Å². The van der Waals surface area contributed by atoms with Crippen LogP contribution in [-0.4, -0.2) is 0 Å². The number of rotatable bonds is 1. The van der Waals surface area contributed by atoms with E-state index in [9.17, 15) is 4.79 Å². The number of benzene rings is 2. The van der Waals surface area contributed by atoms with Crippen molar-refractivity contribution in [2.75, 3.05) is 0 Å². The number of hydrogen-bond donors (Lipinski definition) is 0. The van der Waals surface area contributed by atoms with Crippen LogP contribution in [0.3, 0.4) is 0 Å². The van der Waals surface area contributed by atoms with Gasteiger partial charge in [-0.1, -0.05) is 41.9 Å². The van der Waals surface area contributed by atoms with Crippen LogP contribution in [0, 0.1) is 0 Å². The van der Waals surface area contributed by atoms with E-state index in [1.807, 2.05) is 36.4 Å². The van der Waals surface area contributed by atoms with Gasteiger partial charge < -0.3 is 4.42 Å². The summed E-state index contributed by atoms with van der Waals surface area (Å²) in [4.78, 5) is 11.9. The molecular formula is C15H9ClO2. The third kappa shape index (κ3) is 1.91. The lowest BCUT2D eigenvalue weighted by Gasteiger charge is -2.02. The monoisotopic (exact) mass is 256 g/mol. The maximum absolute atomic E-state index is 11.9. The van der Waals surface area contributed by atoms with Crippen molar-refractivity contribution in [1.29, 1.82) is 0 Å². The molecule has 88 valence electrons. The molecule has 0 spiro atoms. The van der Waals surface area contributed by atoms with Crippen molar-refractivity contribution in [2.45, 2.75) is 0 Å². The fourth-order valence-electron chi connectivity index (χ4n) is 1.89. The van der Waals surface area contributed by atoms with Gasteiger partial charge >= 0.3 is 5.63 Å². The fraction of sp³-hybridized carbons (Fsp3) is 0. The Balaban J connectivity index is 2.26. The summed E-state index contributed by atoms with van der Waals surface area (Å²) in [7, 11) is 0. The Kier molecular flexibility index (Phi) is 2.65. The Labute approximate surface area is 108 Å². The van der Waals surface area contributed by atoms with Crippen molar-refractivity contribution in [3.05, 3.63) is 70.0 Å². The molecule has 0 radical (unpaired) electrons. The molecule has 0 saturated heterocycles. The predicted octanol–water partition coefficient (Wildman–Crippen LogP) is 4.11. The molecular weight excluding hydrogens is 248 g/mol. The highest BCUT2D eigenvalue weighted by Gasteiger charge is 2.07. The molecule has 1 heterocycles. The van der Waals surface area contributed by atoms with Gasteiger partial charge in [0.1, 0.15) is 5.58 Å². The van der Waals surface area contributed by atoms with E-state index in [2.05, 4.69) is 0 Å². The Morgan fingerprint density at radius 2 is 1.67 bits per heavy atom. The Morgan fingerprint density at radius 1 is 0.944 bits per heavy atom. The molecule has 18 heavy (non-hydrogen) atoms. The first-order valence-electron chi connectivity index (χ1n) is 5.53. The van der Waals surface area contributed by atoms with Crippen LogP contribution in [-0.2, 0) is 0 Å². The second kappa shape index (κ2) is 4.31. The van der Waals surface area contributed by atoms with Crippen LogP contribution in [0.25, 0.3) is 22.1 Å². The fourth-order valence-corrected chi connectivity index (χ4v) is 2.02. The zero-order chi connectivity index (χ0) is 12.5. The van der Waals surface area contributed by atoms with Crippen molar-refractivity contribution < 1.29 is 4.42 Å². The first-order chi connectivity index (χ1) is 8.74. The highest BCUT2D eigenvalue weighted by atomic mass is 35.5. The molecule has 0 N–H and O–H groups in total. The van der Waals surface area contributed by atoms with Crippen molar-refractivity contribution >= 4 is 22.6 Å². The van der Waals surface area contributed by atoms with Crippen LogP contribution in [0.15, 0.2) is 63.8 Å². The second-order valence-corrected chi connectivity index (χ2v) is 4.43. The van der Waals surface area contributed by atoms with Gasteiger partial charge in [0.05, 0.1) is 5.56 Å². The zero-order valence-corrected chi connectivity index (χ0v) is 10.1. The van der Waals surface area contributed by atoms with Crippen molar-refractivity contribution in [2.24, 2.45) is 0 Å². The summed E-state index contributed by atoms with van der Waals surface area (Å²) in [5.74, 6) is 0. The minimum Gasteiger partial charge on any atom is -0.422 e. The van der Waals surface area contributed by atoms with Crippen molar-refractivity contribution in [3.63, 3.8) is 0 Å². The molecule has 0 unspecified atom stereocenters. The second-order valence-electron chi connectivity index (χ2n) is 3.99. The summed E-state index contributed by atoms with van der Waals surface area (Å²) in [5.41, 5.74) is 1.61. The van der Waals surface area contributed by atoms with Crippen LogP contribution >= 0.6 is 11.6 Å². The first kappa shape index (κ1) is 11.1. The average molecular weight is 257 g/mol. The summed E-state index contributed by atoms with van der Waals surface area (Å²) < 4.78 is 5.29. The molecule has 2 aromatic carbocycles. The summed E-state index contributed by atoms with van der Waals surface area (Å²) >= 11 is 5.83. The van der Waals surface area contributed by atoms with Crippen LogP contribution in [0.2, 0.25) is 5.02 Å². The van der Waals surface area contributed by atoms with Crippen LogP contribution < -0.4 is 5.63 Å². The minimum atomic E-state index is -0.337. The van der Waals surface area contributed by atoms with Gasteiger partial charge in [-0.25, -0.2) is 4.79 Å². The smallest absolute Gasteiger partial charge is 0.344 e. The molecule has 0 atom stereocenters. The maximum atomic E-state index is 11.9. The largest absolute Gasteiger partial charge is 0.422 e. The molecule has 0 amide bonds. The molecule has 0 bridgehead atoms. The van der Waals surface area contributed by atoms with Gasteiger partial charge in [-0.3, -0.25) is 0 Å². The molecule has 3 rings (SSSR count). The molecule has 0 aliphatic carbocycles. The molecule has 0 aliphatic rings. The van der Waals surface area contributed by atoms with Crippen LogP contribution in [0.4, 0.5) is 0 Å². The molecule has 0 aliphatic heterocycles. The van der Waals surface area contributed by atoms with E-state index < -0.39 is 0 Å².